The van der Waals surface area contributed by atoms with Crippen molar-refractivity contribution in [2.45, 2.75) is 239 Å². The molecule has 5 rings (SSSR count). The maximum Gasteiger partial charge on any atom is 1.00 e. The number of urea groups is 2. The molecule has 0 saturated carbocycles. The molecule has 374 valence electrons. The zero-order valence-corrected chi connectivity index (χ0v) is 43.3. The summed E-state index contributed by atoms with van der Waals surface area (Å²) in [6.45, 7) is 4.87. The van der Waals surface area contributed by atoms with Crippen molar-refractivity contribution in [3.8, 4) is 0 Å². The van der Waals surface area contributed by atoms with Crippen molar-refractivity contribution in [3.05, 3.63) is 35.9 Å². The van der Waals surface area contributed by atoms with E-state index in [0.717, 1.165) is 44.1 Å². The Labute approximate surface area is 429 Å². The molecule has 1 aromatic carbocycles. The molecule has 4 saturated heterocycles. The number of nitrogens with one attached hydrogen (secondary N) is 4. The second-order valence-electron chi connectivity index (χ2n) is 17.9. The van der Waals surface area contributed by atoms with E-state index in [-0.39, 0.29) is 80.4 Å². The van der Waals surface area contributed by atoms with Crippen LogP contribution in [0.25, 0.3) is 0 Å². The van der Waals surface area contributed by atoms with Gasteiger partial charge in [-0.2, -0.15) is 0 Å². The van der Waals surface area contributed by atoms with Crippen molar-refractivity contribution in [2.24, 2.45) is 0 Å². The summed E-state index contributed by atoms with van der Waals surface area (Å²) >= 11 is 8.02. The molecule has 66 heavy (non-hydrogen) atoms. The number of hydrogen-bond acceptors (Lipinski definition) is 10. The zero-order valence-electron chi connectivity index (χ0n) is 40.1. The molecule has 4 heterocycles. The van der Waals surface area contributed by atoms with Crippen LogP contribution in [0.5, 0.6) is 0 Å². The molecule has 11 nitrogen and oxygen atoms in total. The van der Waals surface area contributed by atoms with Crippen molar-refractivity contribution in [1.29, 1.82) is 0 Å². The van der Waals surface area contributed by atoms with Crippen molar-refractivity contribution < 1.29 is 53.4 Å². The van der Waals surface area contributed by atoms with E-state index >= 15 is 0 Å². The van der Waals surface area contributed by atoms with E-state index in [1.807, 2.05) is 77.4 Å². The molecule has 16 heteroatoms. The van der Waals surface area contributed by atoms with E-state index in [2.05, 4.69) is 35.1 Å². The number of carboxylic acids is 1. The Morgan fingerprint density at radius 2 is 0.970 bits per heavy atom. The van der Waals surface area contributed by atoms with Gasteiger partial charge in [0.1, 0.15) is 6.61 Å². The van der Waals surface area contributed by atoms with E-state index < -0.39 is 5.97 Å². The van der Waals surface area contributed by atoms with Crippen molar-refractivity contribution in [1.82, 2.24) is 21.3 Å². The smallest absolute Gasteiger partial charge is 0.870 e. The second-order valence-corrected chi connectivity index (χ2v) is 23.7. The van der Waals surface area contributed by atoms with E-state index in [0.29, 0.717) is 32.7 Å². The fourth-order valence-electron chi connectivity index (χ4n) is 8.91. The normalized spacial score (nSPS) is 23.3. The van der Waals surface area contributed by atoms with Gasteiger partial charge >= 0.3 is 42.9 Å². The van der Waals surface area contributed by atoms with E-state index in [1.165, 1.54) is 127 Å². The molecule has 4 amide bonds. The van der Waals surface area contributed by atoms with Gasteiger partial charge in [0.2, 0.25) is 0 Å². The van der Waals surface area contributed by atoms with Crippen molar-refractivity contribution in [3.63, 3.8) is 0 Å². The first-order valence-electron chi connectivity index (χ1n) is 24.9. The number of aliphatic carboxylic acids is 1. The number of hydrogen-bond donors (Lipinski definition) is 5. The molecule has 6 N–H and O–H groups in total. The van der Waals surface area contributed by atoms with Gasteiger partial charge in [0, 0.05) is 23.3 Å². The number of carbonyl (C=O) groups is 4. The molecule has 0 bridgehead atoms. The summed E-state index contributed by atoms with van der Waals surface area (Å²) in [6.07, 6.45) is 30.5. The third kappa shape index (κ3) is 25.0. The average molecular weight is 991 g/mol. The largest absolute Gasteiger partial charge is 1.00 e. The maximum atomic E-state index is 12.1. The van der Waals surface area contributed by atoms with Crippen molar-refractivity contribution >= 4 is 71.0 Å². The molecule has 8 atom stereocenters. The number of rotatable bonds is 34. The summed E-state index contributed by atoms with van der Waals surface area (Å²) in [6, 6.07) is 10.6. The number of benzene rings is 1. The molecular formula is C50H87LiN4O7S4. The molecule has 0 spiro atoms. The third-order valence-electron chi connectivity index (χ3n) is 12.5. The maximum absolute atomic E-state index is 12.1. The first-order valence-corrected chi connectivity index (χ1v) is 28.9. The zero-order chi connectivity index (χ0) is 44.9. The molecule has 0 aliphatic carbocycles. The topological polar surface area (TPSA) is 176 Å². The number of carboxylic acid groups (broad SMARTS) is 1. The second kappa shape index (κ2) is 38.4. The molecule has 0 radical (unpaired) electrons. The van der Waals surface area contributed by atoms with Crippen LogP contribution >= 0.6 is 47.0 Å². The minimum absolute atomic E-state index is 0. The van der Waals surface area contributed by atoms with Crippen LogP contribution in [0.2, 0.25) is 0 Å². The van der Waals surface area contributed by atoms with Crippen LogP contribution in [0, 0.1) is 0 Å². The third-order valence-corrected chi connectivity index (χ3v) is 19.2. The number of fused-ring (bicyclic) bond motifs is 2. The Bertz CT molecular complexity index is 1440. The number of ether oxygens (including phenoxy) is 1. The summed E-state index contributed by atoms with van der Waals surface area (Å²) in [5.74, 6) is 1.49. The van der Waals surface area contributed by atoms with Gasteiger partial charge in [0.15, 0.2) is 0 Å². The Morgan fingerprint density at radius 1 is 0.576 bits per heavy atom. The van der Waals surface area contributed by atoms with E-state index in [9.17, 15) is 19.2 Å². The summed E-state index contributed by atoms with van der Waals surface area (Å²) in [4.78, 5) is 46.5. The van der Waals surface area contributed by atoms with Gasteiger partial charge in [-0.15, -0.1) is 47.0 Å². The van der Waals surface area contributed by atoms with Gasteiger partial charge in [-0.3, -0.25) is 9.59 Å². The molecule has 0 aromatic heterocycles. The van der Waals surface area contributed by atoms with Crippen LogP contribution in [0.3, 0.4) is 0 Å². The minimum Gasteiger partial charge on any atom is -0.870 e. The van der Waals surface area contributed by atoms with E-state index in [4.69, 9.17) is 9.84 Å². The fourth-order valence-corrected chi connectivity index (χ4v) is 16.0. The van der Waals surface area contributed by atoms with E-state index in [1.54, 1.807) is 0 Å². The number of unbranched alkanes of at least 4 members (excludes halogenated alkanes) is 18. The monoisotopic (exact) mass is 991 g/mol. The van der Waals surface area contributed by atoms with Crippen LogP contribution in [-0.2, 0) is 20.9 Å². The Hall–Kier alpha value is -1.34. The quantitative estimate of drug-likeness (QED) is 0.0192. The first kappa shape index (κ1) is 62.7. The fraction of sp³-hybridized carbons (Fsp3) is 0.800. The van der Waals surface area contributed by atoms with Gasteiger partial charge < -0.3 is 36.6 Å². The van der Waals surface area contributed by atoms with Crippen molar-refractivity contribution in [2.75, 3.05) is 11.5 Å². The Morgan fingerprint density at radius 3 is 1.39 bits per heavy atom. The van der Waals surface area contributed by atoms with Crippen LogP contribution in [0.4, 0.5) is 9.59 Å². The Balaban J connectivity index is 0.000000646. The van der Waals surface area contributed by atoms with Gasteiger partial charge in [-0.1, -0.05) is 167 Å². The minimum atomic E-state index is -0.720. The van der Waals surface area contributed by atoms with Gasteiger partial charge in [-0.25, -0.2) is 9.59 Å². The summed E-state index contributed by atoms with van der Waals surface area (Å²) in [5.41, 5.74) is 1.02. The summed E-state index contributed by atoms with van der Waals surface area (Å²) in [7, 11) is 0. The summed E-state index contributed by atoms with van der Waals surface area (Å²) in [5, 5.41) is 22.1. The van der Waals surface area contributed by atoms with Gasteiger partial charge in [0.25, 0.3) is 0 Å². The number of amides is 4. The summed E-state index contributed by atoms with van der Waals surface area (Å²) < 4.78 is 6.23. The van der Waals surface area contributed by atoms with Crippen LogP contribution in [0.1, 0.15) is 194 Å². The predicted octanol–water partition coefficient (Wildman–Crippen LogP) is 9.90. The number of thioether (sulfide) groups is 4. The van der Waals surface area contributed by atoms with Gasteiger partial charge in [-0.05, 0) is 55.6 Å². The molecule has 0 unspecified atom stereocenters. The average Bonchev–Trinajstić information content (AvgIpc) is 4.03. The van der Waals surface area contributed by atoms with Gasteiger partial charge in [0.05, 0.1) is 33.3 Å². The Kier molecular flexibility index (Phi) is 36.5. The first-order chi connectivity index (χ1) is 30.8. The van der Waals surface area contributed by atoms with Crippen LogP contribution in [-0.4, -0.2) is 89.9 Å². The SMILES string of the molecule is C.CCCCCCCCCCCS[C@@H]1S[C@@H](CCCCC(=O)O)[C@H]2NC(=O)N[C@@H]12.CCCCCCCCCCCS[C@@H]1S[C@@H](CCCCC(=O)OCc2ccccc2)[C@H]2NC(=O)N[C@@H]12.[Li+].[OH-]. The molecule has 1 aromatic rings. The van der Waals surface area contributed by atoms with Crippen LogP contribution in [0.15, 0.2) is 30.3 Å². The van der Waals surface area contributed by atoms with Crippen LogP contribution < -0.4 is 40.1 Å². The predicted molar refractivity (Wildman–Crippen MR) is 278 cm³/mol. The molecule has 4 aliphatic heterocycles. The number of esters is 1. The number of carbonyl (C=O) groups excluding carboxylic acids is 3. The standard InChI is InChI=1S/C28H44N2O3S2.C21H38N2O3S2.CH4.Li.H2O/c1-2-3-4-5-6-7-8-9-15-20-34-27-26-25(29-28(32)30-26)23(35-27)18-13-14-19-24(31)33-21-22-16-11-10-12-17-22;1-2-3-4-5-6-7-8-9-12-15-27-20-19-18(22-21(26)23-19)16(28-20)13-10-11-14-17(24)25;;;/h10-12,16-17,23,25-27H,2-9,13-15,18-21H2,1H3,(H2,29,30,32);16,18-20H,2-15H2,1H3,(H,24,25)(H2,22,23,26);1H4;;1H2/q;;;+1;/p-1/t23-,25+,26+,27+;16-,18+,19+,20+;;;/m00.../s1. The molecule has 4 aliphatic rings. The molecular weight excluding hydrogens is 904 g/mol. The molecule has 4 fully saturated rings.